The van der Waals surface area contributed by atoms with Gasteiger partial charge in [0.25, 0.3) is 0 Å². The Morgan fingerprint density at radius 3 is 2.53 bits per heavy atom. The third-order valence-corrected chi connectivity index (χ3v) is 2.90. The average molecular weight is 207 g/mol. The third-order valence-electron chi connectivity index (χ3n) is 2.90. The van der Waals surface area contributed by atoms with Crippen LogP contribution in [0.15, 0.2) is 4.99 Å². The van der Waals surface area contributed by atoms with Gasteiger partial charge in [0.15, 0.2) is 0 Å². The van der Waals surface area contributed by atoms with E-state index in [-0.39, 0.29) is 0 Å². The van der Waals surface area contributed by atoms with E-state index in [1.165, 1.54) is 0 Å². The molecule has 0 aromatic carbocycles. The van der Waals surface area contributed by atoms with Gasteiger partial charge in [-0.25, -0.2) is 0 Å². The summed E-state index contributed by atoms with van der Waals surface area (Å²) in [5.74, 6) is 1.61. The highest BCUT2D eigenvalue weighted by Crippen LogP contribution is 2.16. The molecule has 15 heavy (non-hydrogen) atoms. The van der Waals surface area contributed by atoms with Crippen molar-refractivity contribution in [3.63, 3.8) is 0 Å². The average Bonchev–Trinajstić information content (AvgIpc) is 2.23. The van der Waals surface area contributed by atoms with Gasteiger partial charge < -0.3 is 15.1 Å². The highest BCUT2D eigenvalue weighted by Gasteiger charge is 2.29. The first-order valence-corrected chi connectivity index (χ1v) is 5.48. The first-order chi connectivity index (χ1) is 7.31. The lowest BCUT2D eigenvalue weighted by Gasteiger charge is -2.43. The second-order valence-corrected chi connectivity index (χ2v) is 4.26. The fraction of sp³-hybridized carbons (Fsp3) is 0.800. The quantitative estimate of drug-likeness (QED) is 0.336. The van der Waals surface area contributed by atoms with Crippen molar-refractivity contribution in [3.8, 4) is 6.19 Å². The van der Waals surface area contributed by atoms with Crippen LogP contribution in [0.5, 0.6) is 0 Å². The van der Waals surface area contributed by atoms with Crippen molar-refractivity contribution in [2.75, 3.05) is 39.3 Å². The zero-order valence-electron chi connectivity index (χ0n) is 9.11. The number of piperazine rings is 1. The molecular weight excluding hydrogens is 190 g/mol. The predicted octanol–water partition coefficient (Wildman–Crippen LogP) is -0.320. The highest BCUT2D eigenvalue weighted by atomic mass is 15.4. The summed E-state index contributed by atoms with van der Waals surface area (Å²) in [7, 11) is 0. The van der Waals surface area contributed by atoms with Gasteiger partial charge in [0, 0.05) is 39.3 Å². The first-order valence-electron chi connectivity index (χ1n) is 5.48. The van der Waals surface area contributed by atoms with Crippen molar-refractivity contribution in [1.29, 1.82) is 5.26 Å². The summed E-state index contributed by atoms with van der Waals surface area (Å²) in [6.07, 6.45) is 1.91. The molecule has 2 saturated heterocycles. The van der Waals surface area contributed by atoms with Crippen LogP contribution in [0.25, 0.3) is 0 Å². The fourth-order valence-electron chi connectivity index (χ4n) is 2.11. The van der Waals surface area contributed by atoms with Crippen molar-refractivity contribution in [1.82, 2.24) is 15.1 Å². The molecule has 5 heteroatoms. The van der Waals surface area contributed by atoms with Crippen LogP contribution in [0.2, 0.25) is 0 Å². The van der Waals surface area contributed by atoms with E-state index in [0.29, 0.717) is 0 Å². The van der Waals surface area contributed by atoms with Crippen LogP contribution in [0.3, 0.4) is 0 Å². The van der Waals surface area contributed by atoms with Gasteiger partial charge in [0.05, 0.1) is 0 Å². The summed E-state index contributed by atoms with van der Waals surface area (Å²) in [4.78, 5) is 8.34. The Bertz CT molecular complexity index is 281. The molecule has 1 N–H and O–H groups in total. The van der Waals surface area contributed by atoms with Gasteiger partial charge in [0.2, 0.25) is 12.2 Å². The minimum Gasteiger partial charge on any atom is -0.341 e. The van der Waals surface area contributed by atoms with Crippen molar-refractivity contribution in [3.05, 3.63) is 0 Å². The minimum absolute atomic E-state index is 0.733. The summed E-state index contributed by atoms with van der Waals surface area (Å²) in [6.45, 7) is 8.14. The number of nitrogens with one attached hydrogen (secondary N) is 1. The van der Waals surface area contributed by atoms with Crippen molar-refractivity contribution >= 4 is 5.96 Å². The summed E-state index contributed by atoms with van der Waals surface area (Å²) < 4.78 is 0. The molecule has 0 spiro atoms. The van der Waals surface area contributed by atoms with Gasteiger partial charge in [-0.05, 0) is 5.92 Å². The zero-order valence-corrected chi connectivity index (χ0v) is 9.11. The van der Waals surface area contributed by atoms with Crippen LogP contribution < -0.4 is 5.32 Å². The van der Waals surface area contributed by atoms with Crippen LogP contribution in [0.1, 0.15) is 6.92 Å². The first kappa shape index (κ1) is 10.2. The molecule has 0 aromatic heterocycles. The molecule has 0 bridgehead atoms. The Hall–Kier alpha value is -1.28. The normalized spacial score (nSPS) is 23.6. The number of rotatable bonds is 0. The Balaban J connectivity index is 2.00. The largest absolute Gasteiger partial charge is 0.341 e. The summed E-state index contributed by atoms with van der Waals surface area (Å²) >= 11 is 0. The maximum absolute atomic E-state index is 8.70. The Labute approximate surface area is 90.4 Å². The Kier molecular flexibility index (Phi) is 3.07. The van der Waals surface area contributed by atoms with Gasteiger partial charge in [-0.2, -0.15) is 5.26 Å². The van der Waals surface area contributed by atoms with E-state index < -0.39 is 0 Å². The third kappa shape index (κ3) is 2.21. The van der Waals surface area contributed by atoms with Gasteiger partial charge in [-0.1, -0.05) is 6.92 Å². The summed E-state index contributed by atoms with van der Waals surface area (Å²) in [5.41, 5.74) is 0. The number of hydrogen-bond donors (Lipinski definition) is 1. The fourth-order valence-corrected chi connectivity index (χ4v) is 2.11. The number of guanidine groups is 1. The SMILES string of the molecule is CC1CN(C(=NC#N)N2CCNCC2)C1. The molecule has 0 saturated carbocycles. The lowest BCUT2D eigenvalue weighted by Crippen LogP contribution is -2.58. The minimum atomic E-state index is 0.733. The van der Waals surface area contributed by atoms with Crippen molar-refractivity contribution in [2.24, 2.45) is 10.9 Å². The Morgan fingerprint density at radius 2 is 2.00 bits per heavy atom. The molecule has 0 aliphatic carbocycles. The standard InChI is InChI=1S/C10H17N5/c1-9-6-15(7-9)10(13-8-11)14-4-2-12-3-5-14/h9,12H,2-7H2,1H3. The van der Waals surface area contributed by atoms with E-state index in [4.69, 9.17) is 5.26 Å². The van der Waals surface area contributed by atoms with Crippen LogP contribution in [0, 0.1) is 17.4 Å². The molecule has 82 valence electrons. The van der Waals surface area contributed by atoms with Crippen molar-refractivity contribution in [2.45, 2.75) is 6.92 Å². The molecule has 0 unspecified atom stereocenters. The molecule has 2 aliphatic heterocycles. The predicted molar refractivity (Wildman–Crippen MR) is 58.2 cm³/mol. The number of likely N-dealkylation sites (tertiary alicyclic amines) is 1. The number of nitrogens with zero attached hydrogens (tertiary/aromatic N) is 4. The van der Waals surface area contributed by atoms with E-state index >= 15 is 0 Å². The zero-order chi connectivity index (χ0) is 10.7. The van der Waals surface area contributed by atoms with E-state index in [9.17, 15) is 0 Å². The molecular formula is C10H17N5. The van der Waals surface area contributed by atoms with Crippen LogP contribution in [-0.2, 0) is 0 Å². The van der Waals surface area contributed by atoms with Gasteiger partial charge >= 0.3 is 0 Å². The topological polar surface area (TPSA) is 54.7 Å². The Morgan fingerprint density at radius 1 is 1.33 bits per heavy atom. The molecule has 2 aliphatic rings. The molecule has 5 nitrogen and oxygen atoms in total. The van der Waals surface area contributed by atoms with Crippen LogP contribution >= 0.6 is 0 Å². The van der Waals surface area contributed by atoms with Crippen LogP contribution in [-0.4, -0.2) is 55.0 Å². The molecule has 2 heterocycles. The molecule has 2 fully saturated rings. The van der Waals surface area contributed by atoms with E-state index in [1.54, 1.807) is 0 Å². The molecule has 0 aromatic rings. The van der Waals surface area contributed by atoms with Gasteiger partial charge in [0.1, 0.15) is 0 Å². The van der Waals surface area contributed by atoms with E-state index in [2.05, 4.69) is 27.0 Å². The van der Waals surface area contributed by atoms with Gasteiger partial charge in [-0.15, -0.1) is 4.99 Å². The smallest absolute Gasteiger partial charge is 0.212 e. The van der Waals surface area contributed by atoms with E-state index in [1.807, 2.05) is 6.19 Å². The van der Waals surface area contributed by atoms with Crippen molar-refractivity contribution < 1.29 is 0 Å². The second kappa shape index (κ2) is 4.49. The summed E-state index contributed by atoms with van der Waals surface area (Å²) in [6, 6.07) is 0. The number of aliphatic imine (C=N–C) groups is 1. The van der Waals surface area contributed by atoms with Crippen LogP contribution in [0.4, 0.5) is 0 Å². The van der Waals surface area contributed by atoms with E-state index in [0.717, 1.165) is 51.1 Å². The molecule has 0 atom stereocenters. The summed E-state index contributed by atoms with van der Waals surface area (Å²) in [5, 5.41) is 12.0. The molecule has 0 amide bonds. The van der Waals surface area contributed by atoms with Gasteiger partial charge in [-0.3, -0.25) is 0 Å². The monoisotopic (exact) mass is 207 g/mol. The second-order valence-electron chi connectivity index (χ2n) is 4.26. The lowest BCUT2D eigenvalue weighted by atomic mass is 10.0. The molecule has 0 radical (unpaired) electrons. The highest BCUT2D eigenvalue weighted by molar-refractivity contribution is 5.81. The number of hydrogen-bond acceptors (Lipinski definition) is 3. The lowest BCUT2D eigenvalue weighted by molar-refractivity contribution is 0.171. The molecule has 2 rings (SSSR count). The maximum atomic E-state index is 8.70. The maximum Gasteiger partial charge on any atom is 0.212 e. The number of nitriles is 1.